The molecule has 0 spiro atoms. The molecule has 0 amide bonds. The molecule has 86 valence electrons. The van der Waals surface area contributed by atoms with Crippen molar-refractivity contribution in [2.75, 3.05) is 26.8 Å². The van der Waals surface area contributed by atoms with Crippen LogP contribution < -0.4 is 10.1 Å². The van der Waals surface area contributed by atoms with E-state index in [0.29, 0.717) is 6.61 Å². The van der Waals surface area contributed by atoms with E-state index in [4.69, 9.17) is 9.84 Å². The topological polar surface area (TPSA) is 41.5 Å². The third kappa shape index (κ3) is 4.83. The van der Waals surface area contributed by atoms with Crippen molar-refractivity contribution in [2.45, 2.75) is 6.42 Å². The number of hydrogen-bond donors (Lipinski definition) is 2. The lowest BCUT2D eigenvalue weighted by atomic mass is 10.2. The third-order valence-corrected chi connectivity index (χ3v) is 1.95. The zero-order valence-electron chi connectivity index (χ0n) is 9.49. The fourth-order valence-corrected chi connectivity index (χ4v) is 1.15. The van der Waals surface area contributed by atoms with Crippen molar-refractivity contribution in [1.29, 1.82) is 0 Å². The number of aliphatic hydroxyl groups is 1. The Morgan fingerprint density at radius 1 is 1.31 bits per heavy atom. The molecule has 16 heavy (non-hydrogen) atoms. The van der Waals surface area contributed by atoms with Crippen LogP contribution in [0.3, 0.4) is 0 Å². The summed E-state index contributed by atoms with van der Waals surface area (Å²) in [5.74, 6) is 6.90. The van der Waals surface area contributed by atoms with Gasteiger partial charge in [0.05, 0.1) is 6.61 Å². The molecule has 0 saturated heterocycles. The molecule has 0 saturated carbocycles. The van der Waals surface area contributed by atoms with E-state index in [9.17, 15) is 0 Å². The molecular weight excluding hydrogens is 202 g/mol. The Bertz CT molecular complexity index is 348. The molecule has 2 N–H and O–H groups in total. The van der Waals surface area contributed by atoms with E-state index in [1.54, 1.807) is 0 Å². The Morgan fingerprint density at radius 2 is 2.06 bits per heavy atom. The number of rotatable bonds is 5. The highest BCUT2D eigenvalue weighted by molar-refractivity contribution is 5.38. The van der Waals surface area contributed by atoms with Crippen LogP contribution >= 0.6 is 0 Å². The van der Waals surface area contributed by atoms with Crippen molar-refractivity contribution >= 4 is 0 Å². The molecular formula is C13H17NO2. The van der Waals surface area contributed by atoms with Crippen LogP contribution in [0.4, 0.5) is 0 Å². The van der Waals surface area contributed by atoms with Crippen LogP contribution in [0.2, 0.25) is 0 Å². The SMILES string of the molecule is CNCCC#Cc1ccc(OCCO)cc1. The van der Waals surface area contributed by atoms with E-state index in [0.717, 1.165) is 24.3 Å². The van der Waals surface area contributed by atoms with Crippen molar-refractivity contribution in [1.82, 2.24) is 5.32 Å². The molecule has 0 atom stereocenters. The molecule has 0 fully saturated rings. The fraction of sp³-hybridized carbons (Fsp3) is 0.385. The molecule has 0 radical (unpaired) electrons. The monoisotopic (exact) mass is 219 g/mol. The summed E-state index contributed by atoms with van der Waals surface area (Å²) in [5.41, 5.74) is 0.979. The highest BCUT2D eigenvalue weighted by atomic mass is 16.5. The molecule has 0 aliphatic rings. The molecule has 1 aromatic carbocycles. The van der Waals surface area contributed by atoms with Gasteiger partial charge in [-0.05, 0) is 31.3 Å². The standard InChI is InChI=1S/C13H17NO2/c1-14-9-3-2-4-12-5-7-13(8-6-12)16-11-10-15/h5-8,14-15H,3,9-11H2,1H3. The average Bonchev–Trinajstić information content (AvgIpc) is 2.33. The first-order valence-corrected chi connectivity index (χ1v) is 5.34. The number of benzene rings is 1. The number of nitrogens with one attached hydrogen (secondary N) is 1. The van der Waals surface area contributed by atoms with Crippen LogP contribution in [0.1, 0.15) is 12.0 Å². The van der Waals surface area contributed by atoms with Crippen LogP contribution in [0, 0.1) is 11.8 Å². The minimum Gasteiger partial charge on any atom is -0.491 e. The van der Waals surface area contributed by atoms with Gasteiger partial charge in [0.1, 0.15) is 12.4 Å². The van der Waals surface area contributed by atoms with E-state index in [-0.39, 0.29) is 6.61 Å². The predicted octanol–water partition coefficient (Wildman–Crippen LogP) is 1.02. The highest BCUT2D eigenvalue weighted by Crippen LogP contribution is 2.11. The summed E-state index contributed by atoms with van der Waals surface area (Å²) < 4.78 is 5.24. The van der Waals surface area contributed by atoms with E-state index in [1.165, 1.54) is 0 Å². The second kappa shape index (κ2) is 7.75. The maximum atomic E-state index is 8.60. The lowest BCUT2D eigenvalue weighted by molar-refractivity contribution is 0.201. The molecule has 3 nitrogen and oxygen atoms in total. The summed E-state index contributed by atoms with van der Waals surface area (Å²) in [6.45, 7) is 1.27. The van der Waals surface area contributed by atoms with Gasteiger partial charge in [-0.3, -0.25) is 0 Å². The van der Waals surface area contributed by atoms with Gasteiger partial charge in [0.25, 0.3) is 0 Å². The average molecular weight is 219 g/mol. The first-order valence-electron chi connectivity index (χ1n) is 5.34. The summed E-state index contributed by atoms with van der Waals surface area (Å²) >= 11 is 0. The lowest BCUT2D eigenvalue weighted by Crippen LogP contribution is -2.05. The maximum Gasteiger partial charge on any atom is 0.119 e. The Morgan fingerprint density at radius 3 is 2.69 bits per heavy atom. The zero-order valence-corrected chi connectivity index (χ0v) is 9.49. The minimum atomic E-state index is 0.0333. The van der Waals surface area contributed by atoms with Crippen LogP contribution in [-0.4, -0.2) is 31.9 Å². The summed E-state index contributed by atoms with van der Waals surface area (Å²) in [6.07, 6.45) is 0.846. The quantitative estimate of drug-likeness (QED) is 0.574. The first kappa shape index (κ1) is 12.6. The van der Waals surface area contributed by atoms with E-state index in [2.05, 4.69) is 17.2 Å². The van der Waals surface area contributed by atoms with Gasteiger partial charge in [0.2, 0.25) is 0 Å². The Hall–Kier alpha value is -1.50. The molecule has 0 unspecified atom stereocenters. The van der Waals surface area contributed by atoms with E-state index in [1.807, 2.05) is 31.3 Å². The lowest BCUT2D eigenvalue weighted by Gasteiger charge is -2.02. The van der Waals surface area contributed by atoms with E-state index >= 15 is 0 Å². The van der Waals surface area contributed by atoms with Gasteiger partial charge in [-0.15, -0.1) is 0 Å². The van der Waals surface area contributed by atoms with Crippen molar-refractivity contribution < 1.29 is 9.84 Å². The maximum absolute atomic E-state index is 8.60. The van der Waals surface area contributed by atoms with Crippen LogP contribution in [0.15, 0.2) is 24.3 Å². The second-order valence-electron chi connectivity index (χ2n) is 3.25. The Labute approximate surface area is 96.4 Å². The molecule has 0 aliphatic heterocycles. The second-order valence-corrected chi connectivity index (χ2v) is 3.25. The van der Waals surface area contributed by atoms with Crippen molar-refractivity contribution in [3.05, 3.63) is 29.8 Å². The van der Waals surface area contributed by atoms with Gasteiger partial charge in [0, 0.05) is 18.5 Å². The number of ether oxygens (including phenoxy) is 1. The fourth-order valence-electron chi connectivity index (χ4n) is 1.15. The van der Waals surface area contributed by atoms with Gasteiger partial charge in [-0.2, -0.15) is 0 Å². The van der Waals surface area contributed by atoms with Crippen molar-refractivity contribution in [3.63, 3.8) is 0 Å². The first-order chi connectivity index (χ1) is 7.86. The molecule has 0 bridgehead atoms. The van der Waals surface area contributed by atoms with Crippen molar-refractivity contribution in [3.8, 4) is 17.6 Å². The molecule has 3 heteroatoms. The normalized spacial score (nSPS) is 9.38. The number of hydrogen-bond acceptors (Lipinski definition) is 3. The Kier molecular flexibility index (Phi) is 6.09. The number of aliphatic hydroxyl groups excluding tert-OH is 1. The van der Waals surface area contributed by atoms with E-state index < -0.39 is 0 Å². The summed E-state index contributed by atoms with van der Waals surface area (Å²) in [7, 11) is 1.91. The highest BCUT2D eigenvalue weighted by Gasteiger charge is 1.92. The van der Waals surface area contributed by atoms with Crippen LogP contribution in [0.5, 0.6) is 5.75 Å². The van der Waals surface area contributed by atoms with Crippen LogP contribution in [0.25, 0.3) is 0 Å². The smallest absolute Gasteiger partial charge is 0.119 e. The van der Waals surface area contributed by atoms with Gasteiger partial charge in [-0.1, -0.05) is 11.8 Å². The molecule has 0 aliphatic carbocycles. The van der Waals surface area contributed by atoms with Gasteiger partial charge in [-0.25, -0.2) is 0 Å². The minimum absolute atomic E-state index is 0.0333. The third-order valence-electron chi connectivity index (χ3n) is 1.95. The van der Waals surface area contributed by atoms with Crippen molar-refractivity contribution in [2.24, 2.45) is 0 Å². The van der Waals surface area contributed by atoms with Crippen LogP contribution in [-0.2, 0) is 0 Å². The molecule has 1 aromatic rings. The summed E-state index contributed by atoms with van der Waals surface area (Å²) in [4.78, 5) is 0. The zero-order chi connectivity index (χ0) is 11.6. The summed E-state index contributed by atoms with van der Waals surface area (Å²) in [6, 6.07) is 7.55. The van der Waals surface area contributed by atoms with Gasteiger partial charge >= 0.3 is 0 Å². The van der Waals surface area contributed by atoms with Gasteiger partial charge in [0.15, 0.2) is 0 Å². The Balaban J connectivity index is 2.46. The summed E-state index contributed by atoms with van der Waals surface area (Å²) in [5, 5.41) is 11.6. The predicted molar refractivity (Wildman–Crippen MR) is 64.4 cm³/mol. The molecule has 0 heterocycles. The molecule has 1 rings (SSSR count). The molecule has 0 aromatic heterocycles. The largest absolute Gasteiger partial charge is 0.491 e. The van der Waals surface area contributed by atoms with Gasteiger partial charge < -0.3 is 15.2 Å².